The van der Waals surface area contributed by atoms with Gasteiger partial charge in [0.1, 0.15) is 0 Å². The van der Waals surface area contributed by atoms with E-state index in [1.54, 1.807) is 0 Å². The Balaban J connectivity index is 1.30. The molecule has 0 bridgehead atoms. The molecule has 0 saturated heterocycles. The summed E-state index contributed by atoms with van der Waals surface area (Å²) in [5, 5.41) is 5.08. The van der Waals surface area contributed by atoms with E-state index < -0.39 is 0 Å². The first kappa shape index (κ1) is 25.9. The van der Waals surface area contributed by atoms with Gasteiger partial charge in [0.25, 0.3) is 0 Å². The fourth-order valence-electron chi connectivity index (χ4n) is 6.64. The average Bonchev–Trinajstić information content (AvgIpc) is 3.11. The number of rotatable bonds is 5. The number of hydrogen-bond acceptors (Lipinski definition) is 0. The normalized spacial score (nSPS) is 11.2. The molecule has 0 amide bonds. The van der Waals surface area contributed by atoms with Crippen molar-refractivity contribution in [3.05, 3.63) is 182 Å². The molecule has 0 heteroatoms. The number of benzene rings is 8. The van der Waals surface area contributed by atoms with Crippen molar-refractivity contribution in [2.45, 2.75) is 0 Å². The third-order valence-corrected chi connectivity index (χ3v) is 8.69. The molecule has 0 aliphatic carbocycles. The van der Waals surface area contributed by atoms with Gasteiger partial charge in [-0.15, -0.1) is 0 Å². The molecule has 8 rings (SSSR count). The Hall–Kier alpha value is -5.72. The van der Waals surface area contributed by atoms with E-state index in [2.05, 4.69) is 182 Å². The molecule has 0 fully saturated rings. The highest BCUT2D eigenvalue weighted by Gasteiger charge is 2.18. The third-order valence-electron chi connectivity index (χ3n) is 8.69. The van der Waals surface area contributed by atoms with Gasteiger partial charge in [-0.25, -0.2) is 0 Å². The highest BCUT2D eigenvalue weighted by molar-refractivity contribution is 6.22. The lowest BCUT2D eigenvalue weighted by molar-refractivity contribution is 1.57. The largest absolute Gasteiger partial charge is 0.0622 e. The first-order valence-corrected chi connectivity index (χ1v) is 15.2. The lowest BCUT2D eigenvalue weighted by atomic mass is 9.83. The molecule has 0 heterocycles. The zero-order valence-electron chi connectivity index (χ0n) is 24.3. The van der Waals surface area contributed by atoms with E-state index in [-0.39, 0.29) is 0 Å². The molecule has 0 atom stereocenters. The van der Waals surface area contributed by atoms with Crippen LogP contribution in [0.3, 0.4) is 0 Å². The Morgan fingerprint density at radius 3 is 1.18 bits per heavy atom. The lowest BCUT2D eigenvalue weighted by Gasteiger charge is -2.20. The van der Waals surface area contributed by atoms with E-state index in [9.17, 15) is 0 Å². The first-order valence-electron chi connectivity index (χ1n) is 15.2. The topological polar surface area (TPSA) is 0 Å². The quantitative estimate of drug-likeness (QED) is 0.184. The lowest BCUT2D eigenvalue weighted by Crippen LogP contribution is -1.92. The van der Waals surface area contributed by atoms with Crippen molar-refractivity contribution in [2.24, 2.45) is 0 Å². The predicted octanol–water partition coefficient (Wildman–Crippen LogP) is 12.3. The molecule has 0 aliphatic rings. The summed E-state index contributed by atoms with van der Waals surface area (Å²) in [6.07, 6.45) is 0. The van der Waals surface area contributed by atoms with Crippen molar-refractivity contribution in [1.82, 2.24) is 0 Å². The summed E-state index contributed by atoms with van der Waals surface area (Å²) in [5.74, 6) is 0. The van der Waals surface area contributed by atoms with Crippen molar-refractivity contribution < 1.29 is 0 Å². The summed E-state index contributed by atoms with van der Waals surface area (Å²) in [4.78, 5) is 0. The molecule has 0 radical (unpaired) electrons. The second-order valence-corrected chi connectivity index (χ2v) is 11.3. The molecule has 0 aliphatic heterocycles. The van der Waals surface area contributed by atoms with Crippen molar-refractivity contribution in [1.29, 1.82) is 0 Å². The zero-order valence-corrected chi connectivity index (χ0v) is 24.3. The minimum absolute atomic E-state index is 1.21. The first-order chi connectivity index (χ1) is 21.8. The Morgan fingerprint density at radius 1 is 0.205 bits per heavy atom. The van der Waals surface area contributed by atoms with Gasteiger partial charge in [-0.05, 0) is 83.2 Å². The molecule has 8 aromatic rings. The molecule has 0 unspecified atom stereocenters. The third kappa shape index (κ3) is 4.58. The number of fused-ring (bicyclic) bond motifs is 2. The maximum absolute atomic E-state index is 2.33. The van der Waals surface area contributed by atoms with Crippen molar-refractivity contribution >= 4 is 21.5 Å². The SMILES string of the molecule is c1ccc(-c2ccc(-c3cccc(-c4ccccc4-c4c5ccccc5c(-c5ccccc5)c5ccccc45)c3)cc2)cc1. The maximum Gasteiger partial charge on any atom is -0.00201 e. The fourth-order valence-corrected chi connectivity index (χ4v) is 6.64. The van der Waals surface area contributed by atoms with Gasteiger partial charge in [0.05, 0.1) is 0 Å². The Labute approximate surface area is 258 Å². The summed E-state index contributed by atoms with van der Waals surface area (Å²) in [7, 11) is 0. The summed E-state index contributed by atoms with van der Waals surface area (Å²) < 4.78 is 0. The van der Waals surface area contributed by atoms with E-state index >= 15 is 0 Å². The highest BCUT2D eigenvalue weighted by atomic mass is 14.2. The highest BCUT2D eigenvalue weighted by Crippen LogP contribution is 2.46. The van der Waals surface area contributed by atoms with Crippen molar-refractivity contribution in [3.8, 4) is 55.6 Å². The predicted molar refractivity (Wildman–Crippen MR) is 189 cm³/mol. The Bertz CT molecular complexity index is 2180. The standard InChI is InChI=1S/C44H30/c1-3-14-31(15-4-1)32-26-28-33(29-27-32)35-18-13-19-36(30-35)37-20-7-8-21-38(37)44-41-24-11-9-22-39(41)43(34-16-5-2-6-17-34)40-23-10-12-25-42(40)44/h1-30H. The minimum Gasteiger partial charge on any atom is -0.0622 e. The molecule has 0 saturated carbocycles. The van der Waals surface area contributed by atoms with Gasteiger partial charge in [-0.1, -0.05) is 176 Å². The van der Waals surface area contributed by atoms with Crippen LogP contribution in [0.2, 0.25) is 0 Å². The van der Waals surface area contributed by atoms with Gasteiger partial charge in [0, 0.05) is 0 Å². The van der Waals surface area contributed by atoms with Crippen LogP contribution >= 0.6 is 0 Å². The molecule has 206 valence electrons. The van der Waals surface area contributed by atoms with E-state index in [0.717, 1.165) is 0 Å². The van der Waals surface area contributed by atoms with E-state index in [0.29, 0.717) is 0 Å². The smallest absolute Gasteiger partial charge is 0.00201 e. The second-order valence-electron chi connectivity index (χ2n) is 11.3. The van der Waals surface area contributed by atoms with Gasteiger partial charge in [0.2, 0.25) is 0 Å². The van der Waals surface area contributed by atoms with E-state index in [1.165, 1.54) is 77.2 Å². The van der Waals surface area contributed by atoms with Gasteiger partial charge in [-0.3, -0.25) is 0 Å². The van der Waals surface area contributed by atoms with E-state index in [1.807, 2.05) is 0 Å². The average molecular weight is 559 g/mol. The van der Waals surface area contributed by atoms with Gasteiger partial charge >= 0.3 is 0 Å². The molecule has 8 aromatic carbocycles. The van der Waals surface area contributed by atoms with Gasteiger partial charge < -0.3 is 0 Å². The Kier molecular flexibility index (Phi) is 6.59. The summed E-state index contributed by atoms with van der Waals surface area (Å²) in [6.45, 7) is 0. The van der Waals surface area contributed by atoms with Crippen LogP contribution in [0.4, 0.5) is 0 Å². The van der Waals surface area contributed by atoms with Crippen LogP contribution in [-0.2, 0) is 0 Å². The van der Waals surface area contributed by atoms with Crippen LogP contribution in [0, 0.1) is 0 Å². The van der Waals surface area contributed by atoms with Crippen LogP contribution in [0.15, 0.2) is 182 Å². The molecule has 0 N–H and O–H groups in total. The minimum atomic E-state index is 1.21. The van der Waals surface area contributed by atoms with Crippen LogP contribution in [0.5, 0.6) is 0 Å². The molecule has 0 spiro atoms. The van der Waals surface area contributed by atoms with Gasteiger partial charge in [-0.2, -0.15) is 0 Å². The molecule has 0 nitrogen and oxygen atoms in total. The maximum atomic E-state index is 2.33. The molecular weight excluding hydrogens is 528 g/mol. The van der Waals surface area contributed by atoms with Crippen molar-refractivity contribution in [2.75, 3.05) is 0 Å². The van der Waals surface area contributed by atoms with Crippen LogP contribution in [0.25, 0.3) is 77.2 Å². The zero-order chi connectivity index (χ0) is 29.3. The summed E-state index contributed by atoms with van der Waals surface area (Å²) >= 11 is 0. The van der Waals surface area contributed by atoms with Gasteiger partial charge in [0.15, 0.2) is 0 Å². The van der Waals surface area contributed by atoms with Crippen molar-refractivity contribution in [3.63, 3.8) is 0 Å². The fraction of sp³-hybridized carbons (Fsp3) is 0. The van der Waals surface area contributed by atoms with E-state index in [4.69, 9.17) is 0 Å². The molecular formula is C44H30. The summed E-state index contributed by atoms with van der Waals surface area (Å²) in [5.41, 5.74) is 12.4. The van der Waals surface area contributed by atoms with Crippen LogP contribution in [-0.4, -0.2) is 0 Å². The second kappa shape index (κ2) is 11.2. The molecule has 44 heavy (non-hydrogen) atoms. The Morgan fingerprint density at radius 2 is 0.591 bits per heavy atom. The molecule has 0 aromatic heterocycles. The number of hydrogen-bond donors (Lipinski definition) is 0. The van der Waals surface area contributed by atoms with Crippen LogP contribution in [0.1, 0.15) is 0 Å². The van der Waals surface area contributed by atoms with Crippen LogP contribution < -0.4 is 0 Å². The summed E-state index contributed by atoms with van der Waals surface area (Å²) in [6, 6.07) is 65.8. The monoisotopic (exact) mass is 558 g/mol.